The van der Waals surface area contributed by atoms with Crippen molar-refractivity contribution in [2.24, 2.45) is 9.98 Å². The molecule has 0 fully saturated rings. The summed E-state index contributed by atoms with van der Waals surface area (Å²) in [7, 11) is 0. The highest BCUT2D eigenvalue weighted by molar-refractivity contribution is 5.83. The maximum absolute atomic E-state index is 10.1. The Labute approximate surface area is 182 Å². The van der Waals surface area contributed by atoms with Gasteiger partial charge in [-0.2, -0.15) is 0 Å². The van der Waals surface area contributed by atoms with Gasteiger partial charge in [0.25, 0.3) is 0 Å². The number of phenolic OH excluding ortho intramolecular Hbond substituents is 3. The van der Waals surface area contributed by atoms with Crippen LogP contribution in [0.2, 0.25) is 0 Å². The summed E-state index contributed by atoms with van der Waals surface area (Å²) in [5.41, 5.74) is 2.21. The number of aliphatic imine (C=N–C) groups is 2. The van der Waals surface area contributed by atoms with Gasteiger partial charge < -0.3 is 15.3 Å². The molecule has 0 amide bonds. The van der Waals surface area contributed by atoms with Gasteiger partial charge in [0.05, 0.1) is 13.1 Å². The van der Waals surface area contributed by atoms with Crippen LogP contribution in [0, 0.1) is 0 Å². The molecule has 0 aromatic heterocycles. The topological polar surface area (TPSA) is 88.7 Å². The molecule has 0 aliphatic rings. The molecule has 0 radical (unpaired) electrons. The van der Waals surface area contributed by atoms with Crippen LogP contribution in [0.5, 0.6) is 17.2 Å². The van der Waals surface area contributed by atoms with Gasteiger partial charge in [0.1, 0.15) is 17.2 Å². The van der Waals surface area contributed by atoms with Crippen molar-refractivity contribution < 1.29 is 15.3 Å². The van der Waals surface area contributed by atoms with Crippen LogP contribution in [-0.4, -0.2) is 58.8 Å². The Morgan fingerprint density at radius 3 is 1.55 bits per heavy atom. The van der Waals surface area contributed by atoms with Crippen LogP contribution in [0.25, 0.3) is 0 Å². The van der Waals surface area contributed by atoms with Crippen LogP contribution in [-0.2, 0) is 6.54 Å². The summed E-state index contributed by atoms with van der Waals surface area (Å²) in [4.78, 5) is 11.0. The van der Waals surface area contributed by atoms with Gasteiger partial charge in [-0.05, 0) is 30.3 Å². The fourth-order valence-electron chi connectivity index (χ4n) is 3.07. The van der Waals surface area contributed by atoms with Crippen LogP contribution in [0.3, 0.4) is 0 Å². The Morgan fingerprint density at radius 2 is 1.06 bits per heavy atom. The first-order valence-electron chi connectivity index (χ1n) is 10.2. The largest absolute Gasteiger partial charge is 0.508 e. The van der Waals surface area contributed by atoms with Crippen molar-refractivity contribution in [3.05, 3.63) is 89.5 Å². The van der Waals surface area contributed by atoms with E-state index < -0.39 is 0 Å². The van der Waals surface area contributed by atoms with Gasteiger partial charge >= 0.3 is 0 Å². The molecule has 0 atom stereocenters. The standard InChI is InChI=1S/C25H27N3O3/c29-23-10-4-1-7-20(23)17-26-13-15-28(19-22-9-3-6-12-25(22)31)16-14-27-18-21-8-2-5-11-24(21)30/h1-12,17-18,29-31H,13-16,19H2. The first-order chi connectivity index (χ1) is 15.1. The van der Waals surface area contributed by atoms with Crippen LogP contribution in [0.1, 0.15) is 16.7 Å². The lowest BCUT2D eigenvalue weighted by atomic mass is 10.2. The summed E-state index contributed by atoms with van der Waals surface area (Å²) in [6.07, 6.45) is 3.34. The second-order valence-electron chi connectivity index (χ2n) is 7.09. The van der Waals surface area contributed by atoms with Crippen molar-refractivity contribution in [3.8, 4) is 17.2 Å². The van der Waals surface area contributed by atoms with Gasteiger partial charge in [0.15, 0.2) is 0 Å². The summed E-state index contributed by atoms with van der Waals surface area (Å²) in [5.74, 6) is 0.676. The van der Waals surface area contributed by atoms with E-state index in [1.165, 1.54) is 0 Å². The molecule has 3 aromatic rings. The molecule has 6 heteroatoms. The quantitative estimate of drug-likeness (QED) is 0.437. The summed E-state index contributed by atoms with van der Waals surface area (Å²) in [5, 5.41) is 29.8. The average Bonchev–Trinajstić information content (AvgIpc) is 2.77. The van der Waals surface area contributed by atoms with E-state index in [-0.39, 0.29) is 17.2 Å². The van der Waals surface area contributed by atoms with Crippen LogP contribution in [0.15, 0.2) is 82.8 Å². The second kappa shape index (κ2) is 11.5. The predicted molar refractivity (Wildman–Crippen MR) is 125 cm³/mol. The second-order valence-corrected chi connectivity index (χ2v) is 7.09. The molecule has 3 aromatic carbocycles. The number of hydrogen-bond acceptors (Lipinski definition) is 6. The molecule has 0 saturated carbocycles. The molecule has 0 heterocycles. The molecule has 0 aliphatic heterocycles. The highest BCUT2D eigenvalue weighted by Crippen LogP contribution is 2.18. The third kappa shape index (κ3) is 6.97. The molecule has 3 rings (SSSR count). The Kier molecular flexibility index (Phi) is 8.20. The fraction of sp³-hybridized carbons (Fsp3) is 0.200. The van der Waals surface area contributed by atoms with Crippen molar-refractivity contribution in [1.29, 1.82) is 0 Å². The van der Waals surface area contributed by atoms with E-state index in [1.54, 1.807) is 48.8 Å². The van der Waals surface area contributed by atoms with E-state index in [1.807, 2.05) is 36.4 Å². The van der Waals surface area contributed by atoms with E-state index in [9.17, 15) is 15.3 Å². The monoisotopic (exact) mass is 417 g/mol. The smallest absolute Gasteiger partial charge is 0.124 e. The molecule has 31 heavy (non-hydrogen) atoms. The van der Waals surface area contributed by atoms with Gasteiger partial charge in [-0.1, -0.05) is 42.5 Å². The molecular weight excluding hydrogens is 390 g/mol. The highest BCUT2D eigenvalue weighted by Gasteiger charge is 2.08. The van der Waals surface area contributed by atoms with E-state index in [2.05, 4.69) is 14.9 Å². The van der Waals surface area contributed by atoms with Crippen molar-refractivity contribution in [2.75, 3.05) is 26.2 Å². The number of rotatable bonds is 10. The Bertz CT molecular complexity index is 974. The van der Waals surface area contributed by atoms with Gasteiger partial charge in [-0.3, -0.25) is 14.9 Å². The maximum atomic E-state index is 10.1. The minimum atomic E-state index is 0.204. The van der Waals surface area contributed by atoms with E-state index in [0.717, 1.165) is 5.56 Å². The van der Waals surface area contributed by atoms with E-state index >= 15 is 0 Å². The fourth-order valence-corrected chi connectivity index (χ4v) is 3.07. The normalized spacial score (nSPS) is 11.6. The first-order valence-corrected chi connectivity index (χ1v) is 10.2. The molecular formula is C25H27N3O3. The predicted octanol–water partition coefficient (Wildman–Crippen LogP) is 3.84. The maximum Gasteiger partial charge on any atom is 0.124 e. The zero-order chi connectivity index (χ0) is 21.9. The molecule has 0 saturated heterocycles. The first kappa shape index (κ1) is 22.1. The number of hydrogen-bond donors (Lipinski definition) is 3. The highest BCUT2D eigenvalue weighted by atomic mass is 16.3. The van der Waals surface area contributed by atoms with Crippen molar-refractivity contribution in [1.82, 2.24) is 4.90 Å². The van der Waals surface area contributed by atoms with Gasteiger partial charge in [-0.25, -0.2) is 0 Å². The number of nitrogens with zero attached hydrogens (tertiary/aromatic N) is 3. The SMILES string of the molecule is Oc1ccccc1C=NCCN(CCN=Cc1ccccc1O)Cc1ccccc1O. The van der Waals surface area contributed by atoms with Gasteiger partial charge in [-0.15, -0.1) is 0 Å². The minimum absolute atomic E-state index is 0.204. The van der Waals surface area contributed by atoms with Gasteiger partial charge in [0, 0.05) is 48.8 Å². The molecule has 0 spiro atoms. The lowest BCUT2D eigenvalue weighted by Gasteiger charge is -2.21. The third-order valence-corrected chi connectivity index (χ3v) is 4.81. The minimum Gasteiger partial charge on any atom is -0.508 e. The Morgan fingerprint density at radius 1 is 0.613 bits per heavy atom. The zero-order valence-corrected chi connectivity index (χ0v) is 17.3. The average molecular weight is 418 g/mol. The summed E-state index contributed by atoms with van der Waals surface area (Å²) in [6.45, 7) is 3.01. The van der Waals surface area contributed by atoms with Crippen LogP contribution < -0.4 is 0 Å². The third-order valence-electron chi connectivity index (χ3n) is 4.81. The zero-order valence-electron chi connectivity index (χ0n) is 17.3. The number of para-hydroxylation sites is 3. The number of phenols is 3. The molecule has 0 unspecified atom stereocenters. The Balaban J connectivity index is 1.59. The lowest BCUT2D eigenvalue weighted by Crippen LogP contribution is -2.28. The number of aromatic hydroxyl groups is 3. The van der Waals surface area contributed by atoms with E-state index in [0.29, 0.717) is 43.9 Å². The van der Waals surface area contributed by atoms with Crippen LogP contribution in [0.4, 0.5) is 0 Å². The van der Waals surface area contributed by atoms with E-state index in [4.69, 9.17) is 0 Å². The molecule has 3 N–H and O–H groups in total. The number of benzene rings is 3. The molecule has 6 nitrogen and oxygen atoms in total. The summed E-state index contributed by atoms with van der Waals surface area (Å²) in [6, 6.07) is 21.4. The van der Waals surface area contributed by atoms with Gasteiger partial charge in [0.2, 0.25) is 0 Å². The lowest BCUT2D eigenvalue weighted by molar-refractivity contribution is 0.277. The van der Waals surface area contributed by atoms with Crippen molar-refractivity contribution >= 4 is 12.4 Å². The molecule has 0 bridgehead atoms. The summed E-state index contributed by atoms with van der Waals surface area (Å²) < 4.78 is 0. The van der Waals surface area contributed by atoms with Crippen LogP contribution >= 0.6 is 0 Å². The Hall–Kier alpha value is -3.64. The van der Waals surface area contributed by atoms with Crippen molar-refractivity contribution in [2.45, 2.75) is 6.54 Å². The molecule has 160 valence electrons. The van der Waals surface area contributed by atoms with Crippen molar-refractivity contribution in [3.63, 3.8) is 0 Å². The molecule has 0 aliphatic carbocycles. The summed E-state index contributed by atoms with van der Waals surface area (Å²) >= 11 is 0.